The normalized spacial score (nSPS) is 11.6. The van der Waals surface area contributed by atoms with Crippen LogP contribution < -0.4 is 25.4 Å². The molecule has 0 spiro atoms. The number of nitro benzene ring substituents is 1. The summed E-state index contributed by atoms with van der Waals surface area (Å²) in [6.07, 6.45) is 1.51. The lowest BCUT2D eigenvalue weighted by Gasteiger charge is -2.15. The van der Waals surface area contributed by atoms with Gasteiger partial charge in [-0.2, -0.15) is 0 Å². The zero-order valence-electron chi connectivity index (χ0n) is 25.5. The van der Waals surface area contributed by atoms with Gasteiger partial charge in [0.25, 0.3) is 17.5 Å². The number of non-ortho nitro benzene ring substituents is 1. The lowest BCUT2D eigenvalue weighted by Crippen LogP contribution is -2.30. The molecule has 0 aliphatic heterocycles. The predicted molar refractivity (Wildman–Crippen MR) is 178 cm³/mol. The number of hydrogen-bond donors (Lipinski definition) is 3. The Morgan fingerprint density at radius 2 is 1.61 bits per heavy atom. The van der Waals surface area contributed by atoms with Crippen molar-refractivity contribution >= 4 is 52.6 Å². The van der Waals surface area contributed by atoms with E-state index in [0.717, 1.165) is 4.90 Å². The van der Waals surface area contributed by atoms with Gasteiger partial charge in [-0.25, -0.2) is 0 Å². The Labute approximate surface area is 270 Å². The molecular weight excluding hydrogens is 608 g/mol. The third-order valence-corrected chi connectivity index (χ3v) is 7.86. The van der Waals surface area contributed by atoms with Crippen LogP contribution in [-0.4, -0.2) is 42.1 Å². The van der Waals surface area contributed by atoms with Crippen LogP contribution in [0.1, 0.15) is 28.4 Å². The van der Waals surface area contributed by atoms with Crippen LogP contribution in [0.3, 0.4) is 0 Å². The highest BCUT2D eigenvalue weighted by molar-refractivity contribution is 8.00. The molecule has 0 saturated carbocycles. The lowest BCUT2D eigenvalue weighted by atomic mass is 10.1. The van der Waals surface area contributed by atoms with Gasteiger partial charge < -0.3 is 25.4 Å². The van der Waals surface area contributed by atoms with Crippen molar-refractivity contribution in [3.63, 3.8) is 0 Å². The van der Waals surface area contributed by atoms with Crippen molar-refractivity contribution in [1.82, 2.24) is 5.32 Å². The molecule has 0 radical (unpaired) electrons. The third kappa shape index (κ3) is 8.73. The molecule has 4 aromatic carbocycles. The second-order valence-corrected chi connectivity index (χ2v) is 11.4. The van der Waals surface area contributed by atoms with Crippen molar-refractivity contribution in [1.29, 1.82) is 0 Å². The molecule has 0 heterocycles. The summed E-state index contributed by atoms with van der Waals surface area (Å²) < 4.78 is 10.8. The van der Waals surface area contributed by atoms with E-state index in [9.17, 15) is 24.5 Å². The number of ether oxygens (including phenoxy) is 2. The number of benzene rings is 4. The van der Waals surface area contributed by atoms with E-state index in [1.807, 2.05) is 0 Å². The Hall–Kier alpha value is -5.62. The largest absolute Gasteiger partial charge is 0.497 e. The Balaban J connectivity index is 1.49. The summed E-state index contributed by atoms with van der Waals surface area (Å²) in [5.41, 5.74) is 2.28. The van der Waals surface area contributed by atoms with Gasteiger partial charge in [0, 0.05) is 33.8 Å². The Kier molecular flexibility index (Phi) is 11.1. The summed E-state index contributed by atoms with van der Waals surface area (Å²) in [5, 5.41) is 18.9. The van der Waals surface area contributed by atoms with E-state index in [2.05, 4.69) is 16.0 Å². The first-order chi connectivity index (χ1) is 22.1. The van der Waals surface area contributed by atoms with Crippen LogP contribution in [0.4, 0.5) is 17.1 Å². The molecule has 0 fully saturated rings. The number of nitrogens with zero attached hydrogens (tertiary/aromatic N) is 1. The monoisotopic (exact) mass is 640 g/mol. The molecule has 11 nitrogen and oxygen atoms in total. The third-order valence-electron chi connectivity index (χ3n) is 6.75. The number of thioether (sulfide) groups is 1. The molecule has 3 N–H and O–H groups in total. The predicted octanol–water partition coefficient (Wildman–Crippen LogP) is 6.45. The summed E-state index contributed by atoms with van der Waals surface area (Å²) >= 11 is 1.28. The number of carbonyl (C=O) groups excluding carboxylic acids is 3. The van der Waals surface area contributed by atoms with Crippen molar-refractivity contribution in [2.45, 2.75) is 24.0 Å². The summed E-state index contributed by atoms with van der Waals surface area (Å²) in [4.78, 5) is 50.7. The molecule has 0 aliphatic rings. The maximum Gasteiger partial charge on any atom is 0.272 e. The number of aryl methyl sites for hydroxylation is 1. The average Bonchev–Trinajstić information content (AvgIpc) is 3.06. The summed E-state index contributed by atoms with van der Waals surface area (Å²) in [6, 6.07) is 24.8. The smallest absolute Gasteiger partial charge is 0.272 e. The van der Waals surface area contributed by atoms with Gasteiger partial charge in [-0.1, -0.05) is 24.3 Å². The molecule has 4 rings (SSSR count). The number of rotatable bonds is 12. The molecule has 0 saturated heterocycles. The van der Waals surface area contributed by atoms with Gasteiger partial charge in [0.1, 0.15) is 17.2 Å². The number of methoxy groups -OCH3 is 2. The Morgan fingerprint density at radius 3 is 2.26 bits per heavy atom. The van der Waals surface area contributed by atoms with Crippen LogP contribution >= 0.6 is 11.8 Å². The number of hydrogen-bond acceptors (Lipinski definition) is 8. The molecule has 46 heavy (non-hydrogen) atoms. The fourth-order valence-corrected chi connectivity index (χ4v) is 5.08. The van der Waals surface area contributed by atoms with Crippen LogP contribution in [0, 0.1) is 17.0 Å². The van der Waals surface area contributed by atoms with E-state index in [0.29, 0.717) is 39.6 Å². The minimum atomic E-state index is -0.574. The first-order valence-corrected chi connectivity index (χ1v) is 14.9. The standard InChI is InChI=1S/C34H32N4O7S/c1-21-10-13-26(38(42)43)20-29(21)36-32(39)22(2)46-28-15-11-25(12-16-28)35-34(41)30(37-33(40)23-8-6-5-7-9-23)19-24-18-27(44-3)14-17-31(24)45-4/h5-20,22H,1-4H3,(H,35,41)(H,36,39)(H,37,40)/b30-19-. The average molecular weight is 641 g/mol. The Bertz CT molecular complexity index is 1780. The van der Waals surface area contributed by atoms with Crippen LogP contribution in [-0.2, 0) is 9.59 Å². The quantitative estimate of drug-likeness (QED) is 0.0693. The minimum absolute atomic E-state index is 0.0272. The zero-order chi connectivity index (χ0) is 33.2. The second-order valence-electron chi connectivity index (χ2n) is 9.97. The highest BCUT2D eigenvalue weighted by atomic mass is 32.2. The SMILES string of the molecule is COc1ccc(OC)c(/C=C(\NC(=O)c2ccccc2)C(=O)Nc2ccc(SC(C)C(=O)Nc3cc([N+](=O)[O-])ccc3C)cc2)c1. The molecule has 3 amide bonds. The molecular formula is C34H32N4O7S. The van der Waals surface area contributed by atoms with Crippen LogP contribution in [0.5, 0.6) is 11.5 Å². The number of nitro groups is 1. The maximum atomic E-state index is 13.5. The molecule has 236 valence electrons. The van der Waals surface area contributed by atoms with Crippen LogP contribution in [0.25, 0.3) is 6.08 Å². The summed E-state index contributed by atoms with van der Waals surface area (Å²) in [7, 11) is 3.02. The Morgan fingerprint density at radius 1 is 0.891 bits per heavy atom. The van der Waals surface area contributed by atoms with E-state index in [1.54, 1.807) is 92.7 Å². The van der Waals surface area contributed by atoms with Gasteiger partial charge in [0.2, 0.25) is 5.91 Å². The summed E-state index contributed by atoms with van der Waals surface area (Å²) in [5.74, 6) is -0.349. The van der Waals surface area contributed by atoms with E-state index >= 15 is 0 Å². The lowest BCUT2D eigenvalue weighted by molar-refractivity contribution is -0.384. The second kappa shape index (κ2) is 15.4. The number of anilines is 2. The molecule has 4 aromatic rings. The molecule has 1 atom stereocenters. The molecule has 0 aromatic heterocycles. The maximum absolute atomic E-state index is 13.5. The first kappa shape index (κ1) is 33.3. The fraction of sp³-hybridized carbons (Fsp3) is 0.147. The van der Waals surface area contributed by atoms with Crippen molar-refractivity contribution < 1.29 is 28.8 Å². The molecule has 12 heteroatoms. The topological polar surface area (TPSA) is 149 Å². The molecule has 1 unspecified atom stereocenters. The van der Waals surface area contributed by atoms with E-state index in [-0.39, 0.29) is 17.3 Å². The van der Waals surface area contributed by atoms with Crippen molar-refractivity contribution in [2.24, 2.45) is 0 Å². The van der Waals surface area contributed by atoms with E-state index < -0.39 is 22.0 Å². The van der Waals surface area contributed by atoms with Gasteiger partial charge >= 0.3 is 0 Å². The molecule has 0 aliphatic carbocycles. The van der Waals surface area contributed by atoms with Gasteiger partial charge in [0.05, 0.1) is 30.1 Å². The zero-order valence-corrected chi connectivity index (χ0v) is 26.3. The highest BCUT2D eigenvalue weighted by Gasteiger charge is 2.19. The van der Waals surface area contributed by atoms with Gasteiger partial charge in [-0.15, -0.1) is 11.8 Å². The fourth-order valence-electron chi connectivity index (χ4n) is 4.22. The van der Waals surface area contributed by atoms with Gasteiger partial charge in [0.15, 0.2) is 0 Å². The number of carbonyl (C=O) groups is 3. The van der Waals surface area contributed by atoms with Gasteiger partial charge in [-0.05, 0) is 80.1 Å². The first-order valence-electron chi connectivity index (χ1n) is 14.0. The van der Waals surface area contributed by atoms with Crippen molar-refractivity contribution in [3.8, 4) is 11.5 Å². The van der Waals surface area contributed by atoms with Crippen molar-refractivity contribution in [3.05, 3.63) is 123 Å². The minimum Gasteiger partial charge on any atom is -0.497 e. The van der Waals surface area contributed by atoms with Crippen LogP contribution in [0.2, 0.25) is 0 Å². The van der Waals surface area contributed by atoms with E-state index in [1.165, 1.54) is 44.2 Å². The highest BCUT2D eigenvalue weighted by Crippen LogP contribution is 2.29. The van der Waals surface area contributed by atoms with Gasteiger partial charge in [-0.3, -0.25) is 24.5 Å². The number of amides is 3. The van der Waals surface area contributed by atoms with E-state index in [4.69, 9.17) is 9.47 Å². The van der Waals surface area contributed by atoms with Crippen molar-refractivity contribution in [2.75, 3.05) is 24.9 Å². The molecule has 0 bridgehead atoms. The van der Waals surface area contributed by atoms with Crippen LogP contribution in [0.15, 0.2) is 102 Å². The summed E-state index contributed by atoms with van der Waals surface area (Å²) in [6.45, 7) is 3.48. The number of nitrogens with one attached hydrogen (secondary N) is 3.